The van der Waals surface area contributed by atoms with E-state index in [0.29, 0.717) is 17.1 Å². The number of ether oxygens (including phenoxy) is 1. The van der Waals surface area contributed by atoms with E-state index in [-0.39, 0.29) is 11.6 Å². The number of aryl methyl sites for hydroxylation is 1. The fourth-order valence-corrected chi connectivity index (χ4v) is 2.18. The van der Waals surface area contributed by atoms with Gasteiger partial charge in [-0.25, -0.2) is 0 Å². The van der Waals surface area contributed by atoms with Crippen molar-refractivity contribution in [1.82, 2.24) is 0 Å². The van der Waals surface area contributed by atoms with Gasteiger partial charge in [0.05, 0.1) is 17.7 Å². The standard InChI is InChI=1S/C17H19N3O4/c1-11-7-8-16(24-3)15(9-11)18-12(2)17(21)19-13-5-4-6-14(10-13)20(22)23/h4-10,12,18H,1-3H3,(H,19,21)/t12-/m1/s1. The van der Waals surface area contributed by atoms with Crippen molar-refractivity contribution in [2.75, 3.05) is 17.7 Å². The quantitative estimate of drug-likeness (QED) is 0.626. The zero-order valence-electron chi connectivity index (χ0n) is 13.7. The molecular weight excluding hydrogens is 310 g/mol. The molecule has 2 aromatic rings. The van der Waals surface area contributed by atoms with Crippen LogP contribution in [0.3, 0.4) is 0 Å². The van der Waals surface area contributed by atoms with Gasteiger partial charge in [0.15, 0.2) is 0 Å². The number of hydrogen-bond donors (Lipinski definition) is 2. The van der Waals surface area contributed by atoms with E-state index in [2.05, 4.69) is 10.6 Å². The lowest BCUT2D eigenvalue weighted by Gasteiger charge is -2.18. The molecule has 0 spiro atoms. The molecule has 0 heterocycles. The van der Waals surface area contributed by atoms with Gasteiger partial charge in [-0.3, -0.25) is 14.9 Å². The van der Waals surface area contributed by atoms with E-state index < -0.39 is 11.0 Å². The zero-order valence-corrected chi connectivity index (χ0v) is 13.7. The van der Waals surface area contributed by atoms with Crippen LogP contribution in [0.25, 0.3) is 0 Å². The van der Waals surface area contributed by atoms with Crippen LogP contribution in [0.1, 0.15) is 12.5 Å². The molecule has 0 saturated heterocycles. The number of hydrogen-bond acceptors (Lipinski definition) is 5. The van der Waals surface area contributed by atoms with Gasteiger partial charge in [0.2, 0.25) is 5.91 Å². The average Bonchev–Trinajstić information content (AvgIpc) is 2.55. The Morgan fingerprint density at radius 2 is 2.00 bits per heavy atom. The molecule has 0 aliphatic rings. The number of nitrogens with one attached hydrogen (secondary N) is 2. The predicted molar refractivity (Wildman–Crippen MR) is 92.5 cm³/mol. The lowest BCUT2D eigenvalue weighted by molar-refractivity contribution is -0.384. The number of anilines is 2. The van der Waals surface area contributed by atoms with Crippen molar-refractivity contribution >= 4 is 23.0 Å². The van der Waals surface area contributed by atoms with Crippen LogP contribution in [-0.4, -0.2) is 24.0 Å². The number of non-ortho nitro benzene ring substituents is 1. The number of carbonyl (C=O) groups excluding carboxylic acids is 1. The van der Waals surface area contributed by atoms with Crippen LogP contribution in [0.5, 0.6) is 5.75 Å². The molecule has 126 valence electrons. The Morgan fingerprint density at radius 1 is 1.25 bits per heavy atom. The summed E-state index contributed by atoms with van der Waals surface area (Å²) >= 11 is 0. The molecule has 0 fully saturated rings. The summed E-state index contributed by atoms with van der Waals surface area (Å²) in [5.74, 6) is 0.328. The van der Waals surface area contributed by atoms with Gasteiger partial charge in [-0.1, -0.05) is 12.1 Å². The topological polar surface area (TPSA) is 93.5 Å². The Labute approximate surface area is 139 Å². The van der Waals surface area contributed by atoms with Gasteiger partial charge >= 0.3 is 0 Å². The molecule has 0 bridgehead atoms. The summed E-state index contributed by atoms with van der Waals surface area (Å²) in [6.07, 6.45) is 0. The first-order valence-electron chi connectivity index (χ1n) is 7.37. The summed E-state index contributed by atoms with van der Waals surface area (Å²) in [5, 5.41) is 16.5. The summed E-state index contributed by atoms with van der Waals surface area (Å²) in [7, 11) is 1.56. The first-order valence-corrected chi connectivity index (χ1v) is 7.37. The highest BCUT2D eigenvalue weighted by Gasteiger charge is 2.16. The highest BCUT2D eigenvalue weighted by atomic mass is 16.6. The second-order valence-electron chi connectivity index (χ2n) is 5.37. The van der Waals surface area contributed by atoms with Crippen LogP contribution in [0.15, 0.2) is 42.5 Å². The second-order valence-corrected chi connectivity index (χ2v) is 5.37. The highest BCUT2D eigenvalue weighted by Crippen LogP contribution is 2.26. The zero-order chi connectivity index (χ0) is 17.7. The Kier molecular flexibility index (Phi) is 5.36. The van der Waals surface area contributed by atoms with Gasteiger partial charge in [-0.05, 0) is 37.6 Å². The molecular formula is C17H19N3O4. The number of methoxy groups -OCH3 is 1. The van der Waals surface area contributed by atoms with Gasteiger partial charge in [-0.15, -0.1) is 0 Å². The van der Waals surface area contributed by atoms with Gasteiger partial charge in [-0.2, -0.15) is 0 Å². The molecule has 2 rings (SSSR count). The fraction of sp³-hybridized carbons (Fsp3) is 0.235. The van der Waals surface area contributed by atoms with Crippen molar-refractivity contribution in [3.05, 3.63) is 58.1 Å². The number of benzene rings is 2. The molecule has 0 saturated carbocycles. The van der Waals surface area contributed by atoms with E-state index in [0.717, 1.165) is 5.56 Å². The number of nitrogens with zero attached hydrogens (tertiary/aromatic N) is 1. The lowest BCUT2D eigenvalue weighted by atomic mass is 10.2. The summed E-state index contributed by atoms with van der Waals surface area (Å²) in [6.45, 7) is 3.65. The molecule has 7 heteroatoms. The third-order valence-electron chi connectivity index (χ3n) is 3.44. The molecule has 0 radical (unpaired) electrons. The van der Waals surface area contributed by atoms with E-state index in [4.69, 9.17) is 4.74 Å². The first-order chi connectivity index (χ1) is 11.4. The maximum Gasteiger partial charge on any atom is 0.271 e. The average molecular weight is 329 g/mol. The Morgan fingerprint density at radius 3 is 2.67 bits per heavy atom. The SMILES string of the molecule is COc1ccc(C)cc1N[C@H](C)C(=O)Nc1cccc([N+](=O)[O-])c1. The monoisotopic (exact) mass is 329 g/mol. The van der Waals surface area contributed by atoms with Gasteiger partial charge in [0.1, 0.15) is 11.8 Å². The van der Waals surface area contributed by atoms with Gasteiger partial charge in [0, 0.05) is 17.8 Å². The number of carbonyl (C=O) groups is 1. The first kappa shape index (κ1) is 17.3. The maximum absolute atomic E-state index is 12.3. The Balaban J connectivity index is 2.09. The molecule has 2 aromatic carbocycles. The number of nitro benzene ring substituents is 1. The minimum atomic E-state index is -0.556. The fourth-order valence-electron chi connectivity index (χ4n) is 2.18. The van der Waals surface area contributed by atoms with Crippen LogP contribution in [0.4, 0.5) is 17.1 Å². The molecule has 0 unspecified atom stereocenters. The van der Waals surface area contributed by atoms with E-state index in [1.807, 2.05) is 25.1 Å². The van der Waals surface area contributed by atoms with Crippen molar-refractivity contribution in [1.29, 1.82) is 0 Å². The molecule has 0 aromatic heterocycles. The van der Waals surface area contributed by atoms with Crippen molar-refractivity contribution in [2.24, 2.45) is 0 Å². The summed E-state index contributed by atoms with van der Waals surface area (Å²) < 4.78 is 5.27. The van der Waals surface area contributed by atoms with Crippen molar-refractivity contribution in [3.8, 4) is 5.75 Å². The maximum atomic E-state index is 12.3. The molecule has 24 heavy (non-hydrogen) atoms. The lowest BCUT2D eigenvalue weighted by Crippen LogP contribution is -2.32. The van der Waals surface area contributed by atoms with Gasteiger partial charge in [0.25, 0.3) is 5.69 Å². The van der Waals surface area contributed by atoms with E-state index in [1.54, 1.807) is 20.1 Å². The van der Waals surface area contributed by atoms with E-state index in [9.17, 15) is 14.9 Å². The van der Waals surface area contributed by atoms with Crippen LogP contribution in [0, 0.1) is 17.0 Å². The number of nitro groups is 1. The Bertz CT molecular complexity index is 761. The molecule has 0 aliphatic carbocycles. The number of rotatable bonds is 6. The minimum Gasteiger partial charge on any atom is -0.495 e. The predicted octanol–water partition coefficient (Wildman–Crippen LogP) is 3.35. The van der Waals surface area contributed by atoms with E-state index >= 15 is 0 Å². The van der Waals surface area contributed by atoms with E-state index in [1.165, 1.54) is 18.2 Å². The summed E-state index contributed by atoms with van der Waals surface area (Å²) in [5.41, 5.74) is 2.04. The molecule has 0 aliphatic heterocycles. The molecule has 2 N–H and O–H groups in total. The third kappa shape index (κ3) is 4.22. The third-order valence-corrected chi connectivity index (χ3v) is 3.44. The van der Waals surface area contributed by atoms with Gasteiger partial charge < -0.3 is 15.4 Å². The van der Waals surface area contributed by atoms with Crippen molar-refractivity contribution in [3.63, 3.8) is 0 Å². The van der Waals surface area contributed by atoms with Crippen LogP contribution < -0.4 is 15.4 Å². The largest absolute Gasteiger partial charge is 0.495 e. The normalized spacial score (nSPS) is 11.5. The summed E-state index contributed by atoms with van der Waals surface area (Å²) in [6, 6.07) is 10.9. The van der Waals surface area contributed by atoms with Crippen LogP contribution in [-0.2, 0) is 4.79 Å². The Hall–Kier alpha value is -3.09. The minimum absolute atomic E-state index is 0.0752. The van der Waals surface area contributed by atoms with Crippen molar-refractivity contribution < 1.29 is 14.5 Å². The molecule has 1 amide bonds. The summed E-state index contributed by atoms with van der Waals surface area (Å²) in [4.78, 5) is 22.6. The van der Waals surface area contributed by atoms with Crippen molar-refractivity contribution in [2.45, 2.75) is 19.9 Å². The van der Waals surface area contributed by atoms with Crippen LogP contribution >= 0.6 is 0 Å². The number of amides is 1. The van der Waals surface area contributed by atoms with Crippen LogP contribution in [0.2, 0.25) is 0 Å². The molecule has 7 nitrogen and oxygen atoms in total. The highest BCUT2D eigenvalue weighted by molar-refractivity contribution is 5.96. The second kappa shape index (κ2) is 7.45. The molecule has 1 atom stereocenters. The smallest absolute Gasteiger partial charge is 0.271 e.